The van der Waals surface area contributed by atoms with Crippen molar-refractivity contribution in [3.8, 4) is 0 Å². The van der Waals surface area contributed by atoms with E-state index in [1.807, 2.05) is 30.3 Å². The number of amidine groups is 1. The van der Waals surface area contributed by atoms with Crippen LogP contribution in [-0.4, -0.2) is 35.4 Å². The van der Waals surface area contributed by atoms with Crippen molar-refractivity contribution < 1.29 is 14.3 Å². The molecule has 2 aromatic rings. The number of nitrogens with one attached hydrogen (secondary N) is 1. The van der Waals surface area contributed by atoms with Crippen molar-refractivity contribution in [1.82, 2.24) is 10.3 Å². The lowest BCUT2D eigenvalue weighted by Crippen LogP contribution is -2.19. The van der Waals surface area contributed by atoms with Crippen LogP contribution < -0.4 is 5.32 Å². The Balaban J connectivity index is 1.59. The molecule has 2 heterocycles. The number of nitrogens with zero attached hydrogens (tertiary/aromatic N) is 3. The zero-order valence-corrected chi connectivity index (χ0v) is 16.3. The molecule has 9 heteroatoms. The topological polar surface area (TPSA) is 93.0 Å². The molecule has 3 rings (SSSR count). The summed E-state index contributed by atoms with van der Waals surface area (Å²) in [5.74, 6) is -1.01. The summed E-state index contributed by atoms with van der Waals surface area (Å²) in [5, 5.41) is 11.2. The summed E-state index contributed by atoms with van der Waals surface area (Å²) in [6.45, 7) is 0. The van der Waals surface area contributed by atoms with Crippen molar-refractivity contribution in [1.29, 1.82) is 0 Å². The molecule has 0 unspecified atom stereocenters. The zero-order chi connectivity index (χ0) is 19.9. The van der Waals surface area contributed by atoms with Crippen LogP contribution in [0, 0.1) is 0 Å². The maximum Gasteiger partial charge on any atom is 0.331 e. The Bertz CT molecular complexity index is 970. The summed E-state index contributed by atoms with van der Waals surface area (Å²) in [7, 11) is 1.24. The molecule has 142 valence electrons. The first-order valence-corrected chi connectivity index (χ1v) is 9.32. The number of benzene rings is 1. The van der Waals surface area contributed by atoms with Gasteiger partial charge in [0.05, 0.1) is 18.2 Å². The summed E-state index contributed by atoms with van der Waals surface area (Å²) in [6, 6.07) is 11.5. The standard InChI is InChI=1S/C19H15ClN4O3S/c1-27-17(25)9-15-18(26)23-19(28-15)24-22-11-13-4-2-12(3-5-13)8-14-6-7-16(20)21-10-14/h2-7,9-11H,8H2,1H3,(H,23,24,26)/b15-9+,22-11?. The van der Waals surface area contributed by atoms with Crippen molar-refractivity contribution in [3.63, 3.8) is 0 Å². The van der Waals surface area contributed by atoms with Crippen LogP contribution in [0.1, 0.15) is 16.7 Å². The molecule has 1 saturated heterocycles. The third kappa shape index (κ3) is 5.51. The number of esters is 1. The highest BCUT2D eigenvalue weighted by Gasteiger charge is 2.24. The maximum atomic E-state index is 11.7. The number of pyridine rings is 1. The summed E-state index contributed by atoms with van der Waals surface area (Å²) in [6.07, 6.45) is 5.20. The predicted octanol–water partition coefficient (Wildman–Crippen LogP) is 2.94. The van der Waals surface area contributed by atoms with Crippen LogP contribution in [0.5, 0.6) is 0 Å². The number of carbonyl (C=O) groups excluding carboxylic acids is 2. The summed E-state index contributed by atoms with van der Waals surface area (Å²) in [5.41, 5.74) is 3.06. The van der Waals surface area contributed by atoms with E-state index in [4.69, 9.17) is 11.6 Å². The molecule has 0 saturated carbocycles. The number of amides is 1. The average Bonchev–Trinajstić information content (AvgIpc) is 3.04. The number of aromatic nitrogens is 1. The van der Waals surface area contributed by atoms with Crippen LogP contribution in [0.3, 0.4) is 0 Å². The maximum absolute atomic E-state index is 11.7. The van der Waals surface area contributed by atoms with Crippen LogP contribution in [-0.2, 0) is 20.7 Å². The average molecular weight is 415 g/mol. The molecular formula is C19H15ClN4O3S. The molecule has 0 spiro atoms. The van der Waals surface area contributed by atoms with Gasteiger partial charge in [0.15, 0.2) is 5.17 Å². The quantitative estimate of drug-likeness (QED) is 0.267. The Morgan fingerprint density at radius 1 is 1.25 bits per heavy atom. The van der Waals surface area contributed by atoms with Crippen molar-refractivity contribution in [3.05, 3.63) is 75.4 Å². The van der Waals surface area contributed by atoms with E-state index in [1.165, 1.54) is 7.11 Å². The highest BCUT2D eigenvalue weighted by Crippen LogP contribution is 2.23. The van der Waals surface area contributed by atoms with Gasteiger partial charge in [-0.2, -0.15) is 5.10 Å². The van der Waals surface area contributed by atoms with E-state index in [2.05, 4.69) is 25.2 Å². The minimum atomic E-state index is -0.600. The van der Waals surface area contributed by atoms with Crippen LogP contribution in [0.2, 0.25) is 5.15 Å². The molecule has 1 N–H and O–H groups in total. The van der Waals surface area contributed by atoms with Crippen molar-refractivity contribution in [2.75, 3.05) is 7.11 Å². The molecule has 7 nitrogen and oxygen atoms in total. The molecule has 0 atom stereocenters. The molecule has 1 aliphatic heterocycles. The van der Waals surface area contributed by atoms with Crippen molar-refractivity contribution in [2.45, 2.75) is 6.42 Å². The van der Waals surface area contributed by atoms with E-state index in [0.717, 1.165) is 40.9 Å². The van der Waals surface area contributed by atoms with Gasteiger partial charge in [-0.25, -0.2) is 9.78 Å². The molecule has 0 bridgehead atoms. The highest BCUT2D eigenvalue weighted by molar-refractivity contribution is 8.18. The van der Waals surface area contributed by atoms with Gasteiger partial charge in [-0.15, -0.1) is 5.10 Å². The van der Waals surface area contributed by atoms with Gasteiger partial charge in [0.1, 0.15) is 5.15 Å². The van der Waals surface area contributed by atoms with E-state index in [-0.39, 0.29) is 4.91 Å². The fraction of sp³-hybridized carbons (Fsp3) is 0.105. The Hall–Kier alpha value is -2.97. The van der Waals surface area contributed by atoms with Gasteiger partial charge in [-0.05, 0) is 40.9 Å². The Morgan fingerprint density at radius 3 is 2.68 bits per heavy atom. The van der Waals surface area contributed by atoms with Gasteiger partial charge in [0.2, 0.25) is 0 Å². The number of hydrogen-bond acceptors (Lipinski definition) is 7. The molecule has 1 amide bonds. The summed E-state index contributed by atoms with van der Waals surface area (Å²) in [4.78, 5) is 27.2. The first-order valence-electron chi connectivity index (χ1n) is 8.13. The van der Waals surface area contributed by atoms with Gasteiger partial charge >= 0.3 is 5.97 Å². The van der Waals surface area contributed by atoms with Crippen LogP contribution in [0.15, 0.2) is 63.8 Å². The molecular weight excluding hydrogens is 400 g/mol. The molecule has 0 radical (unpaired) electrons. The Labute approximate surface area is 170 Å². The second-order valence-electron chi connectivity index (χ2n) is 5.65. The monoisotopic (exact) mass is 414 g/mol. The first kappa shape index (κ1) is 19.8. The number of hydrogen-bond donors (Lipinski definition) is 1. The molecule has 1 aromatic carbocycles. The lowest BCUT2D eigenvalue weighted by Gasteiger charge is -2.02. The smallest absolute Gasteiger partial charge is 0.331 e. The second kappa shape index (κ2) is 9.29. The summed E-state index contributed by atoms with van der Waals surface area (Å²) < 4.78 is 4.50. The van der Waals surface area contributed by atoms with E-state index in [1.54, 1.807) is 18.5 Å². The SMILES string of the molecule is COC(=O)/C=C1/S/C(=N\N=Cc2ccc(Cc3ccc(Cl)nc3)cc2)NC1=O. The molecule has 1 aliphatic rings. The minimum absolute atomic E-state index is 0.210. The van der Waals surface area contributed by atoms with Crippen molar-refractivity contribution >= 4 is 46.6 Å². The molecule has 1 fully saturated rings. The van der Waals surface area contributed by atoms with Crippen LogP contribution in [0.4, 0.5) is 0 Å². The zero-order valence-electron chi connectivity index (χ0n) is 14.8. The number of carbonyl (C=O) groups is 2. The normalized spacial score (nSPS) is 16.7. The van der Waals surface area contributed by atoms with E-state index < -0.39 is 11.9 Å². The molecule has 28 heavy (non-hydrogen) atoms. The lowest BCUT2D eigenvalue weighted by molar-refractivity contribution is -0.135. The van der Waals surface area contributed by atoms with Gasteiger partial charge in [0.25, 0.3) is 5.91 Å². The van der Waals surface area contributed by atoms with Gasteiger partial charge < -0.3 is 4.74 Å². The Kier molecular flexibility index (Phi) is 6.57. The Morgan fingerprint density at radius 2 is 2.00 bits per heavy atom. The number of halogens is 1. The van der Waals surface area contributed by atoms with E-state index >= 15 is 0 Å². The van der Waals surface area contributed by atoms with Crippen LogP contribution >= 0.6 is 23.4 Å². The van der Waals surface area contributed by atoms with Gasteiger partial charge in [0, 0.05) is 12.3 Å². The number of methoxy groups -OCH3 is 1. The van der Waals surface area contributed by atoms with Crippen LogP contribution in [0.25, 0.3) is 0 Å². The fourth-order valence-electron chi connectivity index (χ4n) is 2.26. The summed E-state index contributed by atoms with van der Waals surface area (Å²) >= 11 is 6.81. The first-order chi connectivity index (χ1) is 13.5. The predicted molar refractivity (Wildman–Crippen MR) is 109 cm³/mol. The number of thioether (sulfide) groups is 1. The third-order valence-corrected chi connectivity index (χ3v) is 4.76. The molecule has 0 aliphatic carbocycles. The van der Waals surface area contributed by atoms with Gasteiger partial charge in [-0.3, -0.25) is 10.1 Å². The van der Waals surface area contributed by atoms with E-state index in [0.29, 0.717) is 10.3 Å². The third-order valence-electron chi connectivity index (χ3n) is 3.63. The second-order valence-corrected chi connectivity index (χ2v) is 7.06. The minimum Gasteiger partial charge on any atom is -0.466 e. The highest BCUT2D eigenvalue weighted by atomic mass is 35.5. The lowest BCUT2D eigenvalue weighted by atomic mass is 10.1. The number of ether oxygens (including phenoxy) is 1. The van der Waals surface area contributed by atoms with Crippen molar-refractivity contribution in [2.24, 2.45) is 10.2 Å². The molecule has 1 aromatic heterocycles. The number of rotatable bonds is 5. The van der Waals surface area contributed by atoms with Gasteiger partial charge in [-0.1, -0.05) is 41.9 Å². The fourth-order valence-corrected chi connectivity index (χ4v) is 3.11. The van der Waals surface area contributed by atoms with E-state index in [9.17, 15) is 9.59 Å². The largest absolute Gasteiger partial charge is 0.466 e.